The van der Waals surface area contributed by atoms with Crippen molar-refractivity contribution in [3.63, 3.8) is 0 Å². The molecule has 0 aliphatic heterocycles. The normalized spacial score (nSPS) is 15.8. The van der Waals surface area contributed by atoms with Crippen LogP contribution in [0.5, 0.6) is 0 Å². The van der Waals surface area contributed by atoms with Gasteiger partial charge in [0.25, 0.3) is 0 Å². The van der Waals surface area contributed by atoms with Gasteiger partial charge in [0.05, 0.1) is 18.1 Å². The van der Waals surface area contributed by atoms with E-state index in [1.165, 1.54) is 437 Å². The van der Waals surface area contributed by atoms with Crippen molar-refractivity contribution in [1.82, 2.24) is 0 Å². The fourth-order valence-corrected chi connectivity index (χ4v) is 16.0. The molecule has 0 bridgehead atoms. The Morgan fingerprint density at radius 1 is 0.319 bits per heavy atom. The Hall–Kier alpha value is -0.610. The second-order valence-electron chi connectivity index (χ2n) is 31.6. The number of aliphatic carboxylic acids is 1. The number of carbonyl (C=O) groups is 1. The predicted octanol–water partition coefficient (Wildman–Crippen LogP) is 30.5. The van der Waals surface area contributed by atoms with Crippen LogP contribution in [0.15, 0.2) is 0 Å². The van der Waals surface area contributed by atoms with E-state index in [0.29, 0.717) is 24.9 Å². The van der Waals surface area contributed by atoms with Crippen molar-refractivity contribution in [2.24, 2.45) is 29.6 Å². The predicted molar refractivity (Wildman–Crippen MR) is 406 cm³/mol. The molecule has 91 heavy (non-hydrogen) atoms. The van der Waals surface area contributed by atoms with Crippen LogP contribution >= 0.6 is 0 Å². The Morgan fingerprint density at radius 2 is 0.549 bits per heavy atom. The van der Waals surface area contributed by atoms with Crippen molar-refractivity contribution in [3.05, 3.63) is 0 Å². The molecular weight excluding hydrogens is 1110 g/mol. The van der Waals surface area contributed by atoms with Gasteiger partial charge in [-0.05, 0) is 55.8 Å². The summed E-state index contributed by atoms with van der Waals surface area (Å²) in [4.78, 5) is 12.0. The average Bonchev–Trinajstić information content (AvgIpc) is 1.76. The number of hydrogen-bond donors (Lipinski definition) is 2. The SMILES string of the molecule is CCCCCCCCCCCCCCCCCCCCCCCC[C@@H](C(=O)O)[C@H](O)CCCCCCCCCCCCCCCCCC[C@H]1C[C@@H]1[C@@H](C)CCCCCCCCCCCCCCC[C@H](OC)[C@@H](C)CCCCCCCCCCCCCCCCCC. The number of unbranched alkanes of at least 4 members (excludes halogenated alkanes) is 63. The third-order valence-corrected chi connectivity index (χ3v) is 22.8. The third kappa shape index (κ3) is 62.6. The van der Waals surface area contributed by atoms with Crippen LogP contribution in [0.3, 0.4) is 0 Å². The molecule has 7 atom stereocenters. The summed E-state index contributed by atoms with van der Waals surface area (Å²) in [5.74, 6) is 2.42. The van der Waals surface area contributed by atoms with Gasteiger partial charge < -0.3 is 14.9 Å². The number of carboxylic acid groups (broad SMARTS) is 1. The lowest BCUT2D eigenvalue weighted by molar-refractivity contribution is -0.146. The molecule has 1 aliphatic carbocycles. The van der Waals surface area contributed by atoms with E-state index in [-0.39, 0.29) is 0 Å². The number of ether oxygens (including phenoxy) is 1. The Labute approximate surface area is 574 Å². The molecule has 0 amide bonds. The zero-order valence-corrected chi connectivity index (χ0v) is 63.6. The smallest absolute Gasteiger partial charge is 0.309 e. The Bertz CT molecular complexity index is 1380. The van der Waals surface area contributed by atoms with Crippen LogP contribution in [-0.4, -0.2) is 35.5 Å². The standard InChI is InChI=1S/C87H172O4/c1-6-8-10-12-14-16-18-20-22-24-25-26-27-28-29-34-40-46-52-58-64-70-76-83(87(89)90)85(88)77-71-65-59-53-47-41-35-31-30-33-39-45-51-57-63-69-75-82-79-84(82)80(3)73-67-61-55-49-43-38-36-42-48-54-60-66-72-78-86(91-5)81(4)74-68-62-56-50-44-37-32-23-21-19-17-15-13-11-9-7-2/h80-86,88H,6-79H2,1-5H3,(H,89,90)/t80-,81-,82-,83+,84+,85+,86-/m0/s1. The van der Waals surface area contributed by atoms with Crippen LogP contribution in [0, 0.1) is 29.6 Å². The maximum atomic E-state index is 12.0. The van der Waals surface area contributed by atoms with Gasteiger partial charge in [-0.2, -0.15) is 0 Å². The van der Waals surface area contributed by atoms with Crippen LogP contribution in [0.1, 0.15) is 503 Å². The van der Waals surface area contributed by atoms with Crippen molar-refractivity contribution in [1.29, 1.82) is 0 Å². The van der Waals surface area contributed by atoms with E-state index >= 15 is 0 Å². The van der Waals surface area contributed by atoms with E-state index in [1.807, 2.05) is 7.11 Å². The van der Waals surface area contributed by atoms with E-state index in [0.717, 1.165) is 43.4 Å². The van der Waals surface area contributed by atoms with Crippen LogP contribution in [0.25, 0.3) is 0 Å². The molecule has 544 valence electrons. The Balaban J connectivity index is 1.79. The first-order chi connectivity index (χ1) is 44.8. The number of carboxylic acids is 1. The summed E-state index contributed by atoms with van der Waals surface area (Å²) in [6, 6.07) is 0. The molecule has 0 saturated heterocycles. The van der Waals surface area contributed by atoms with Gasteiger partial charge in [0.2, 0.25) is 0 Å². The maximum Gasteiger partial charge on any atom is 0.309 e. The quantitative estimate of drug-likeness (QED) is 0.0596. The maximum absolute atomic E-state index is 12.0. The zero-order valence-electron chi connectivity index (χ0n) is 63.6. The molecule has 4 nitrogen and oxygen atoms in total. The lowest BCUT2D eigenvalue weighted by Crippen LogP contribution is -2.28. The van der Waals surface area contributed by atoms with E-state index < -0.39 is 18.0 Å². The van der Waals surface area contributed by atoms with Crippen LogP contribution in [0.2, 0.25) is 0 Å². The highest BCUT2D eigenvalue weighted by molar-refractivity contribution is 5.70. The monoisotopic (exact) mass is 1280 g/mol. The Kier molecular flexibility index (Phi) is 70.1. The van der Waals surface area contributed by atoms with Crippen molar-refractivity contribution < 1.29 is 19.7 Å². The molecule has 0 unspecified atom stereocenters. The summed E-state index contributed by atoms with van der Waals surface area (Å²) in [6.45, 7) is 9.63. The lowest BCUT2D eigenvalue weighted by atomic mass is 9.91. The van der Waals surface area contributed by atoms with Gasteiger partial charge in [0.15, 0.2) is 0 Å². The largest absolute Gasteiger partial charge is 0.481 e. The van der Waals surface area contributed by atoms with Gasteiger partial charge in [-0.1, -0.05) is 471 Å². The molecule has 0 aromatic carbocycles. The van der Waals surface area contributed by atoms with E-state index in [2.05, 4.69) is 27.7 Å². The summed E-state index contributed by atoms with van der Waals surface area (Å²) in [5, 5.41) is 20.6. The van der Waals surface area contributed by atoms with Gasteiger partial charge in [-0.3, -0.25) is 4.79 Å². The minimum atomic E-state index is -0.798. The van der Waals surface area contributed by atoms with Crippen LogP contribution in [-0.2, 0) is 9.53 Å². The third-order valence-electron chi connectivity index (χ3n) is 22.8. The molecular formula is C87H172O4. The van der Waals surface area contributed by atoms with Crippen molar-refractivity contribution >= 4 is 5.97 Å². The minimum absolute atomic E-state index is 0.469. The summed E-state index contributed by atoms with van der Waals surface area (Å²) >= 11 is 0. The highest BCUT2D eigenvalue weighted by Gasteiger charge is 2.39. The highest BCUT2D eigenvalue weighted by atomic mass is 16.5. The highest BCUT2D eigenvalue weighted by Crippen LogP contribution is 2.49. The van der Waals surface area contributed by atoms with Crippen LogP contribution in [0.4, 0.5) is 0 Å². The molecule has 0 aromatic heterocycles. The number of methoxy groups -OCH3 is 1. The molecule has 1 rings (SSSR count). The van der Waals surface area contributed by atoms with E-state index in [4.69, 9.17) is 4.74 Å². The summed E-state index contributed by atoms with van der Waals surface area (Å²) < 4.78 is 5.99. The number of aliphatic hydroxyl groups excluding tert-OH is 1. The van der Waals surface area contributed by atoms with Gasteiger partial charge in [0.1, 0.15) is 0 Å². The van der Waals surface area contributed by atoms with Crippen molar-refractivity contribution in [3.8, 4) is 0 Å². The first-order valence-corrected chi connectivity index (χ1v) is 43.3. The molecule has 0 aromatic rings. The van der Waals surface area contributed by atoms with Gasteiger partial charge >= 0.3 is 5.97 Å². The van der Waals surface area contributed by atoms with Gasteiger partial charge in [-0.15, -0.1) is 0 Å². The molecule has 0 spiro atoms. The second kappa shape index (κ2) is 72.1. The summed E-state index contributed by atoms with van der Waals surface area (Å²) in [5.41, 5.74) is 0. The van der Waals surface area contributed by atoms with E-state index in [9.17, 15) is 15.0 Å². The first kappa shape index (κ1) is 88.4. The fraction of sp³-hybridized carbons (Fsp3) is 0.989. The average molecular weight is 1280 g/mol. The summed E-state index contributed by atoms with van der Waals surface area (Å²) in [6.07, 6.45) is 102. The molecule has 1 saturated carbocycles. The number of hydrogen-bond acceptors (Lipinski definition) is 3. The topological polar surface area (TPSA) is 66.8 Å². The zero-order chi connectivity index (χ0) is 65.7. The van der Waals surface area contributed by atoms with Crippen molar-refractivity contribution in [2.45, 2.75) is 515 Å². The fourth-order valence-electron chi connectivity index (χ4n) is 16.0. The number of aliphatic hydroxyl groups is 1. The first-order valence-electron chi connectivity index (χ1n) is 43.3. The second-order valence-corrected chi connectivity index (χ2v) is 31.6. The molecule has 0 radical (unpaired) electrons. The minimum Gasteiger partial charge on any atom is -0.481 e. The van der Waals surface area contributed by atoms with Crippen molar-refractivity contribution in [2.75, 3.05) is 7.11 Å². The van der Waals surface area contributed by atoms with E-state index in [1.54, 1.807) is 0 Å². The number of rotatable bonds is 80. The molecule has 2 N–H and O–H groups in total. The summed E-state index contributed by atoms with van der Waals surface area (Å²) in [7, 11) is 1.96. The molecule has 4 heteroatoms. The van der Waals surface area contributed by atoms with Gasteiger partial charge in [-0.25, -0.2) is 0 Å². The van der Waals surface area contributed by atoms with Crippen LogP contribution < -0.4 is 0 Å². The van der Waals surface area contributed by atoms with Gasteiger partial charge in [0, 0.05) is 7.11 Å². The molecule has 0 heterocycles. The lowest BCUT2D eigenvalue weighted by Gasteiger charge is -2.22. The molecule has 1 aliphatic rings. The molecule has 1 fully saturated rings. The Morgan fingerprint density at radius 3 is 0.824 bits per heavy atom.